The third-order valence-electron chi connectivity index (χ3n) is 0.871. The molecule has 0 heterocycles. The molecule has 0 spiro atoms. The lowest BCUT2D eigenvalue weighted by atomic mass is 10.2. The van der Waals surface area contributed by atoms with Crippen LogP contribution >= 0.6 is 0 Å². The van der Waals surface area contributed by atoms with Gasteiger partial charge in [0.25, 0.3) is 0 Å². The minimum atomic E-state index is -0.0480. The molecule has 0 radical (unpaired) electrons. The summed E-state index contributed by atoms with van der Waals surface area (Å²) in [4.78, 5) is 0. The van der Waals surface area contributed by atoms with Crippen LogP contribution in [0.4, 0.5) is 0 Å². The van der Waals surface area contributed by atoms with E-state index in [1.54, 1.807) is 6.08 Å². The molecular formula is C8H16O. The largest absolute Gasteiger partial charge is 0.369 e. The van der Waals surface area contributed by atoms with Crippen molar-refractivity contribution in [1.82, 2.24) is 0 Å². The molecule has 0 unspecified atom stereocenters. The van der Waals surface area contributed by atoms with Crippen molar-refractivity contribution < 1.29 is 4.74 Å². The zero-order valence-electron chi connectivity index (χ0n) is 6.77. The highest BCUT2D eigenvalue weighted by Crippen LogP contribution is 2.10. The zero-order chi connectivity index (χ0) is 7.49. The lowest BCUT2D eigenvalue weighted by Crippen LogP contribution is -2.23. The molecule has 1 atom stereocenters. The Morgan fingerprint density at radius 3 is 2.00 bits per heavy atom. The second-order valence-corrected chi connectivity index (χ2v) is 3.17. The highest BCUT2D eigenvalue weighted by Gasteiger charge is 2.11. The first-order chi connectivity index (χ1) is 3.95. The second-order valence-electron chi connectivity index (χ2n) is 3.17. The summed E-state index contributed by atoms with van der Waals surface area (Å²) >= 11 is 0. The molecule has 0 saturated carbocycles. The SMILES string of the molecule is C=C[C@H](C)OC(C)(C)C. The van der Waals surface area contributed by atoms with E-state index < -0.39 is 0 Å². The maximum atomic E-state index is 5.47. The fourth-order valence-electron chi connectivity index (χ4n) is 0.606. The van der Waals surface area contributed by atoms with Crippen molar-refractivity contribution >= 4 is 0 Å². The van der Waals surface area contributed by atoms with Crippen LogP contribution in [0.15, 0.2) is 12.7 Å². The van der Waals surface area contributed by atoms with E-state index in [2.05, 4.69) is 6.58 Å². The van der Waals surface area contributed by atoms with Gasteiger partial charge in [-0.25, -0.2) is 0 Å². The summed E-state index contributed by atoms with van der Waals surface area (Å²) in [5.41, 5.74) is -0.0480. The van der Waals surface area contributed by atoms with Crippen molar-refractivity contribution in [3.63, 3.8) is 0 Å². The molecule has 0 aromatic rings. The van der Waals surface area contributed by atoms with E-state index in [1.807, 2.05) is 27.7 Å². The van der Waals surface area contributed by atoms with E-state index in [0.29, 0.717) is 0 Å². The highest BCUT2D eigenvalue weighted by molar-refractivity contribution is 4.77. The summed E-state index contributed by atoms with van der Waals surface area (Å²) in [6.45, 7) is 11.7. The van der Waals surface area contributed by atoms with Crippen molar-refractivity contribution in [2.75, 3.05) is 0 Å². The molecule has 0 rings (SSSR count). The van der Waals surface area contributed by atoms with Crippen LogP contribution in [0, 0.1) is 0 Å². The Morgan fingerprint density at radius 1 is 1.44 bits per heavy atom. The Hall–Kier alpha value is -0.300. The Bertz CT molecular complexity index is 89.2. The molecule has 0 fully saturated rings. The van der Waals surface area contributed by atoms with Gasteiger partial charge in [0, 0.05) is 0 Å². The van der Waals surface area contributed by atoms with E-state index in [-0.39, 0.29) is 11.7 Å². The van der Waals surface area contributed by atoms with Gasteiger partial charge in [-0.1, -0.05) is 6.08 Å². The fourth-order valence-corrected chi connectivity index (χ4v) is 0.606. The molecule has 0 aliphatic carbocycles. The van der Waals surface area contributed by atoms with Gasteiger partial charge in [-0.15, -0.1) is 6.58 Å². The Morgan fingerprint density at radius 2 is 1.89 bits per heavy atom. The normalized spacial score (nSPS) is 15.1. The third-order valence-corrected chi connectivity index (χ3v) is 0.871. The van der Waals surface area contributed by atoms with Gasteiger partial charge in [-0.05, 0) is 27.7 Å². The summed E-state index contributed by atoms with van der Waals surface area (Å²) in [5, 5.41) is 0. The molecule has 1 heteroatoms. The van der Waals surface area contributed by atoms with Crippen LogP contribution in [-0.4, -0.2) is 11.7 Å². The minimum absolute atomic E-state index is 0.0480. The summed E-state index contributed by atoms with van der Waals surface area (Å²) in [7, 11) is 0. The van der Waals surface area contributed by atoms with Crippen LogP contribution in [0.1, 0.15) is 27.7 Å². The van der Waals surface area contributed by atoms with E-state index in [4.69, 9.17) is 4.74 Å². The topological polar surface area (TPSA) is 9.23 Å². The number of hydrogen-bond donors (Lipinski definition) is 0. The fraction of sp³-hybridized carbons (Fsp3) is 0.750. The lowest BCUT2D eigenvalue weighted by Gasteiger charge is -2.22. The average Bonchev–Trinajstić information content (AvgIpc) is 1.62. The first-order valence-corrected chi connectivity index (χ1v) is 3.26. The van der Waals surface area contributed by atoms with Crippen molar-refractivity contribution in [2.45, 2.75) is 39.4 Å². The zero-order valence-corrected chi connectivity index (χ0v) is 6.77. The van der Waals surface area contributed by atoms with Crippen LogP contribution in [0.3, 0.4) is 0 Å². The second kappa shape index (κ2) is 3.02. The maximum absolute atomic E-state index is 5.47. The first-order valence-electron chi connectivity index (χ1n) is 3.26. The van der Waals surface area contributed by atoms with Crippen LogP contribution in [0.5, 0.6) is 0 Å². The predicted molar refractivity (Wildman–Crippen MR) is 40.5 cm³/mol. The van der Waals surface area contributed by atoms with E-state index in [0.717, 1.165) is 0 Å². The van der Waals surface area contributed by atoms with Gasteiger partial charge in [-0.2, -0.15) is 0 Å². The van der Waals surface area contributed by atoms with Gasteiger partial charge < -0.3 is 4.74 Å². The molecule has 0 N–H and O–H groups in total. The quantitative estimate of drug-likeness (QED) is 0.519. The van der Waals surface area contributed by atoms with Gasteiger partial charge in [0.05, 0.1) is 11.7 Å². The molecule has 0 aromatic carbocycles. The molecule has 54 valence electrons. The summed E-state index contributed by atoms with van der Waals surface area (Å²) < 4.78 is 5.47. The van der Waals surface area contributed by atoms with E-state index >= 15 is 0 Å². The van der Waals surface area contributed by atoms with Gasteiger partial charge in [0.1, 0.15) is 0 Å². The highest BCUT2D eigenvalue weighted by atomic mass is 16.5. The summed E-state index contributed by atoms with van der Waals surface area (Å²) in [6.07, 6.45) is 1.95. The van der Waals surface area contributed by atoms with Crippen molar-refractivity contribution in [3.05, 3.63) is 12.7 Å². The monoisotopic (exact) mass is 128 g/mol. The summed E-state index contributed by atoms with van der Waals surface area (Å²) in [6, 6.07) is 0. The molecule has 0 aliphatic rings. The molecule has 0 aromatic heterocycles. The molecule has 1 nitrogen and oxygen atoms in total. The predicted octanol–water partition coefficient (Wildman–Crippen LogP) is 2.38. The van der Waals surface area contributed by atoms with E-state index in [1.165, 1.54) is 0 Å². The molecule has 0 aliphatic heterocycles. The smallest absolute Gasteiger partial charge is 0.0732 e. The lowest BCUT2D eigenvalue weighted by molar-refractivity contribution is -0.0296. The molecule has 0 bridgehead atoms. The molecule has 0 saturated heterocycles. The number of hydrogen-bond acceptors (Lipinski definition) is 1. The Kier molecular flexibility index (Phi) is 2.92. The molecular weight excluding hydrogens is 112 g/mol. The van der Waals surface area contributed by atoms with Gasteiger partial charge in [0.2, 0.25) is 0 Å². The number of rotatable bonds is 2. The third kappa shape index (κ3) is 5.57. The maximum Gasteiger partial charge on any atom is 0.0732 e. The molecule has 9 heavy (non-hydrogen) atoms. The Balaban J connectivity index is 3.59. The van der Waals surface area contributed by atoms with Gasteiger partial charge in [-0.3, -0.25) is 0 Å². The minimum Gasteiger partial charge on any atom is -0.369 e. The average molecular weight is 128 g/mol. The van der Waals surface area contributed by atoms with Crippen LogP contribution in [-0.2, 0) is 4.74 Å². The van der Waals surface area contributed by atoms with Crippen LogP contribution in [0.2, 0.25) is 0 Å². The van der Waals surface area contributed by atoms with Crippen molar-refractivity contribution in [3.8, 4) is 0 Å². The number of ether oxygens (including phenoxy) is 1. The Labute approximate surface area is 57.7 Å². The first kappa shape index (κ1) is 8.70. The van der Waals surface area contributed by atoms with Crippen molar-refractivity contribution in [2.24, 2.45) is 0 Å². The molecule has 0 amide bonds. The van der Waals surface area contributed by atoms with Crippen LogP contribution in [0.25, 0.3) is 0 Å². The van der Waals surface area contributed by atoms with Crippen LogP contribution < -0.4 is 0 Å². The standard InChI is InChI=1S/C8H16O/c1-6-7(2)9-8(3,4)5/h6-7H,1H2,2-5H3/t7-/m0/s1. The van der Waals surface area contributed by atoms with Gasteiger partial charge in [0.15, 0.2) is 0 Å². The summed E-state index contributed by atoms with van der Waals surface area (Å²) in [5.74, 6) is 0. The van der Waals surface area contributed by atoms with E-state index in [9.17, 15) is 0 Å². The van der Waals surface area contributed by atoms with Crippen molar-refractivity contribution in [1.29, 1.82) is 0 Å². The van der Waals surface area contributed by atoms with Gasteiger partial charge >= 0.3 is 0 Å².